The molecule has 0 bridgehead atoms. The predicted octanol–water partition coefficient (Wildman–Crippen LogP) is 3.95. The lowest BCUT2D eigenvalue weighted by molar-refractivity contribution is 0.0439. The smallest absolute Gasteiger partial charge is 0.274 e. The Bertz CT molecular complexity index is 901. The molecule has 1 N–H and O–H groups in total. The number of hydrogen-bond donors (Lipinski definition) is 1. The van der Waals surface area contributed by atoms with Crippen LogP contribution in [0.3, 0.4) is 0 Å². The van der Waals surface area contributed by atoms with Crippen LogP contribution < -0.4 is 0 Å². The van der Waals surface area contributed by atoms with E-state index in [1.54, 1.807) is 6.07 Å². The van der Waals surface area contributed by atoms with Crippen molar-refractivity contribution < 1.29 is 13.9 Å². The Kier molecular flexibility index (Phi) is 7.58. The number of ether oxygens (including phenoxy) is 1. The number of hydrogen-bond acceptors (Lipinski definition) is 4. The van der Waals surface area contributed by atoms with Crippen LogP contribution in [0.15, 0.2) is 24.3 Å². The Hall–Kier alpha value is -2.25. The summed E-state index contributed by atoms with van der Waals surface area (Å²) in [5.74, 6) is 0.300. The minimum atomic E-state index is -0.135. The van der Waals surface area contributed by atoms with Gasteiger partial charge >= 0.3 is 0 Å². The predicted molar refractivity (Wildman–Crippen MR) is 122 cm³/mol. The molecule has 1 amide bonds. The highest BCUT2D eigenvalue weighted by molar-refractivity contribution is 5.94. The Morgan fingerprint density at radius 1 is 1.25 bits per heavy atom. The molecule has 0 spiro atoms. The SMILES string of the molecule is CCc1[nH]nc(C(=O)N(CC2CCN(Cc3ccccc3F)CC2)C[C@H]2CCCO2)c1C. The van der Waals surface area contributed by atoms with Crippen LogP contribution in [0.2, 0.25) is 0 Å². The summed E-state index contributed by atoms with van der Waals surface area (Å²) in [6.45, 7) is 8.65. The molecular formula is C25H35FN4O2. The molecule has 7 heteroatoms. The van der Waals surface area contributed by atoms with Gasteiger partial charge in [-0.05, 0) is 64.1 Å². The molecule has 1 atom stereocenters. The lowest BCUT2D eigenvalue weighted by Crippen LogP contribution is -2.43. The molecule has 174 valence electrons. The monoisotopic (exact) mass is 442 g/mol. The van der Waals surface area contributed by atoms with Crippen molar-refractivity contribution in [3.05, 3.63) is 52.6 Å². The summed E-state index contributed by atoms with van der Waals surface area (Å²) < 4.78 is 19.8. The van der Waals surface area contributed by atoms with Gasteiger partial charge in [-0.1, -0.05) is 25.1 Å². The third-order valence-corrected chi connectivity index (χ3v) is 6.94. The second-order valence-corrected chi connectivity index (χ2v) is 9.19. The highest BCUT2D eigenvalue weighted by Crippen LogP contribution is 2.24. The van der Waals surface area contributed by atoms with Crippen LogP contribution in [0.5, 0.6) is 0 Å². The number of carbonyl (C=O) groups excluding carboxylic acids is 1. The van der Waals surface area contributed by atoms with Gasteiger partial charge in [0.15, 0.2) is 5.69 Å². The first-order valence-electron chi connectivity index (χ1n) is 12.0. The number of aromatic amines is 1. The maximum Gasteiger partial charge on any atom is 0.274 e. The van der Waals surface area contributed by atoms with Crippen LogP contribution in [-0.4, -0.2) is 64.8 Å². The van der Waals surface area contributed by atoms with E-state index in [2.05, 4.69) is 22.0 Å². The Balaban J connectivity index is 1.38. The normalized spacial score (nSPS) is 20.0. The maximum absolute atomic E-state index is 14.0. The molecule has 6 nitrogen and oxygen atoms in total. The Morgan fingerprint density at radius 3 is 2.69 bits per heavy atom. The number of carbonyl (C=O) groups is 1. The lowest BCUT2D eigenvalue weighted by Gasteiger charge is -2.35. The van der Waals surface area contributed by atoms with Crippen molar-refractivity contribution in [3.63, 3.8) is 0 Å². The van der Waals surface area contributed by atoms with Crippen LogP contribution in [-0.2, 0) is 17.7 Å². The van der Waals surface area contributed by atoms with E-state index in [1.165, 1.54) is 6.07 Å². The highest BCUT2D eigenvalue weighted by Gasteiger charge is 2.30. The molecule has 1 aromatic heterocycles. The fourth-order valence-corrected chi connectivity index (χ4v) is 4.92. The van der Waals surface area contributed by atoms with Gasteiger partial charge in [0.1, 0.15) is 5.82 Å². The van der Waals surface area contributed by atoms with E-state index < -0.39 is 0 Å². The number of aromatic nitrogens is 2. The number of nitrogens with zero attached hydrogens (tertiary/aromatic N) is 3. The molecule has 0 unspecified atom stereocenters. The van der Waals surface area contributed by atoms with E-state index in [0.29, 0.717) is 24.7 Å². The van der Waals surface area contributed by atoms with Crippen LogP contribution in [0.25, 0.3) is 0 Å². The third kappa shape index (κ3) is 5.38. The van der Waals surface area contributed by atoms with Gasteiger partial charge in [-0.15, -0.1) is 0 Å². The quantitative estimate of drug-likeness (QED) is 0.672. The molecule has 3 heterocycles. The zero-order valence-corrected chi connectivity index (χ0v) is 19.3. The van der Waals surface area contributed by atoms with Gasteiger partial charge < -0.3 is 9.64 Å². The molecule has 2 saturated heterocycles. The molecule has 4 rings (SSSR count). The van der Waals surface area contributed by atoms with Gasteiger partial charge in [0.05, 0.1) is 6.10 Å². The van der Waals surface area contributed by atoms with E-state index in [0.717, 1.165) is 75.2 Å². The van der Waals surface area contributed by atoms with Crippen molar-refractivity contribution in [1.29, 1.82) is 0 Å². The van der Waals surface area contributed by atoms with Gasteiger partial charge in [0.25, 0.3) is 5.91 Å². The lowest BCUT2D eigenvalue weighted by atomic mass is 9.95. The number of likely N-dealkylation sites (tertiary alicyclic amines) is 1. The Morgan fingerprint density at radius 2 is 2.03 bits per heavy atom. The number of halogens is 1. The number of amides is 1. The van der Waals surface area contributed by atoms with Gasteiger partial charge in [0, 0.05) is 43.1 Å². The largest absolute Gasteiger partial charge is 0.376 e. The minimum absolute atomic E-state index is 0.00253. The van der Waals surface area contributed by atoms with Crippen molar-refractivity contribution in [2.24, 2.45) is 5.92 Å². The van der Waals surface area contributed by atoms with E-state index in [4.69, 9.17) is 4.74 Å². The zero-order valence-electron chi connectivity index (χ0n) is 19.3. The molecule has 0 aliphatic carbocycles. The molecule has 2 fully saturated rings. The molecule has 32 heavy (non-hydrogen) atoms. The van der Waals surface area contributed by atoms with Gasteiger partial charge in [-0.25, -0.2) is 4.39 Å². The van der Waals surface area contributed by atoms with Crippen molar-refractivity contribution in [2.75, 3.05) is 32.8 Å². The van der Waals surface area contributed by atoms with E-state index >= 15 is 0 Å². The first-order chi connectivity index (χ1) is 15.5. The van der Waals surface area contributed by atoms with Crippen molar-refractivity contribution >= 4 is 5.91 Å². The third-order valence-electron chi connectivity index (χ3n) is 6.94. The van der Waals surface area contributed by atoms with Crippen LogP contribution in [0, 0.1) is 18.7 Å². The standard InChI is InChI=1S/C25H35FN4O2/c1-3-23-18(2)24(28-27-23)25(31)30(17-21-8-6-14-32-21)15-19-10-12-29(13-11-19)16-20-7-4-5-9-22(20)26/h4-5,7,9,19,21H,3,6,8,10-17H2,1-2H3,(H,27,28)/t21-/m1/s1. The number of aryl methyl sites for hydroxylation is 1. The first kappa shape index (κ1) is 22.9. The molecule has 2 aliphatic rings. The van der Waals surface area contributed by atoms with Gasteiger partial charge in [0.2, 0.25) is 0 Å². The summed E-state index contributed by atoms with van der Waals surface area (Å²) in [5, 5.41) is 7.37. The molecule has 0 saturated carbocycles. The average Bonchev–Trinajstić information content (AvgIpc) is 3.45. The molecule has 2 aromatic rings. The second-order valence-electron chi connectivity index (χ2n) is 9.19. The summed E-state index contributed by atoms with van der Waals surface area (Å²) in [7, 11) is 0. The number of piperidine rings is 1. The minimum Gasteiger partial charge on any atom is -0.376 e. The van der Waals surface area contributed by atoms with Crippen LogP contribution >= 0.6 is 0 Å². The van der Waals surface area contributed by atoms with Gasteiger partial charge in [-0.3, -0.25) is 14.8 Å². The van der Waals surface area contributed by atoms with Crippen molar-refractivity contribution in [1.82, 2.24) is 20.0 Å². The first-order valence-corrected chi connectivity index (χ1v) is 12.0. The second kappa shape index (κ2) is 10.6. The topological polar surface area (TPSA) is 61.5 Å². The number of H-pyrrole nitrogens is 1. The number of nitrogens with one attached hydrogen (secondary N) is 1. The number of benzene rings is 1. The van der Waals surface area contributed by atoms with Gasteiger partial charge in [-0.2, -0.15) is 5.10 Å². The molecule has 1 aromatic carbocycles. The van der Waals surface area contributed by atoms with E-state index in [1.807, 2.05) is 24.0 Å². The van der Waals surface area contributed by atoms with Crippen LogP contribution in [0.1, 0.15) is 59.9 Å². The molecule has 0 radical (unpaired) electrons. The van der Waals surface area contributed by atoms with Crippen molar-refractivity contribution in [2.45, 2.75) is 58.6 Å². The number of rotatable bonds is 8. The van der Waals surface area contributed by atoms with E-state index in [9.17, 15) is 9.18 Å². The fourth-order valence-electron chi connectivity index (χ4n) is 4.92. The van der Waals surface area contributed by atoms with E-state index in [-0.39, 0.29) is 17.8 Å². The average molecular weight is 443 g/mol. The fraction of sp³-hybridized carbons (Fsp3) is 0.600. The van der Waals surface area contributed by atoms with Crippen LogP contribution in [0.4, 0.5) is 4.39 Å². The molecular weight excluding hydrogens is 407 g/mol. The molecule has 2 aliphatic heterocycles. The van der Waals surface area contributed by atoms with Crippen molar-refractivity contribution in [3.8, 4) is 0 Å². The summed E-state index contributed by atoms with van der Waals surface area (Å²) in [4.78, 5) is 17.7. The zero-order chi connectivity index (χ0) is 22.5. The summed E-state index contributed by atoms with van der Waals surface area (Å²) in [6, 6.07) is 7.01. The maximum atomic E-state index is 14.0. The highest BCUT2D eigenvalue weighted by atomic mass is 19.1. The summed E-state index contributed by atoms with van der Waals surface area (Å²) in [6.07, 6.45) is 5.02. The summed E-state index contributed by atoms with van der Waals surface area (Å²) in [5.41, 5.74) is 3.26. The summed E-state index contributed by atoms with van der Waals surface area (Å²) >= 11 is 0. The Labute approximate surface area is 190 Å².